The second kappa shape index (κ2) is 10.5. The zero-order valence-corrected chi connectivity index (χ0v) is 16.1. The Morgan fingerprint density at radius 2 is 2.04 bits per heavy atom. The van der Waals surface area contributed by atoms with Crippen molar-refractivity contribution >= 4 is 41.5 Å². The molecule has 2 nitrogen and oxygen atoms in total. The van der Waals surface area contributed by atoms with Gasteiger partial charge in [0, 0.05) is 11.1 Å². The summed E-state index contributed by atoms with van der Waals surface area (Å²) in [6.07, 6.45) is 0.844. The molecule has 25 heavy (non-hydrogen) atoms. The van der Waals surface area contributed by atoms with Gasteiger partial charge < -0.3 is 0 Å². The first-order valence-corrected chi connectivity index (χ1v) is 9.90. The van der Waals surface area contributed by atoms with Gasteiger partial charge in [-0.25, -0.2) is 0 Å². The van der Waals surface area contributed by atoms with E-state index in [0.29, 0.717) is 17.2 Å². The molecule has 0 spiro atoms. The van der Waals surface area contributed by atoms with Crippen molar-refractivity contribution in [3.05, 3.63) is 52.6 Å². The number of thioether (sulfide) groups is 2. The van der Waals surface area contributed by atoms with Crippen molar-refractivity contribution in [2.45, 2.75) is 20.0 Å². The van der Waals surface area contributed by atoms with Crippen molar-refractivity contribution in [1.82, 2.24) is 0 Å². The first kappa shape index (κ1) is 21.6. The van der Waals surface area contributed by atoms with Crippen molar-refractivity contribution in [2.75, 3.05) is 17.9 Å². The van der Waals surface area contributed by atoms with E-state index in [9.17, 15) is 13.2 Å². The molecule has 0 N–H and O–H groups in total. The average Bonchev–Trinajstić information content (AvgIpc) is 2.59. The van der Waals surface area contributed by atoms with E-state index in [-0.39, 0.29) is 0 Å². The standard InChI is InChI=1S/C18H21F3N2S2/c1-5-25-17(16(9-10-22-3)23-12-24-4)13(2)14-7-6-8-15(11-14)18(19,20)21/h6-11H,3,5,12H2,1-2,4H3/b10-9-,17-13+,23-16+. The Hall–Kier alpha value is -1.47. The molecule has 0 heterocycles. The van der Waals surface area contributed by atoms with Gasteiger partial charge in [-0.05, 0) is 55.0 Å². The summed E-state index contributed by atoms with van der Waals surface area (Å²) in [4.78, 5) is 9.07. The van der Waals surface area contributed by atoms with Gasteiger partial charge in [0.2, 0.25) is 0 Å². The Morgan fingerprint density at radius 3 is 2.60 bits per heavy atom. The normalized spacial score (nSPS) is 13.9. The number of alkyl halides is 3. The van der Waals surface area contributed by atoms with E-state index < -0.39 is 11.7 Å². The second-order valence-corrected chi connectivity index (χ2v) is 7.03. The van der Waals surface area contributed by atoms with E-state index in [1.807, 2.05) is 20.1 Å². The van der Waals surface area contributed by atoms with Crippen LogP contribution in [-0.2, 0) is 6.18 Å². The van der Waals surface area contributed by atoms with E-state index in [0.717, 1.165) is 22.3 Å². The number of aliphatic imine (C=N–C) groups is 2. The number of rotatable bonds is 8. The van der Waals surface area contributed by atoms with Crippen LogP contribution in [0.1, 0.15) is 25.0 Å². The molecule has 1 rings (SSSR count). The molecule has 136 valence electrons. The Labute approximate surface area is 155 Å². The van der Waals surface area contributed by atoms with Gasteiger partial charge in [0.15, 0.2) is 0 Å². The Bertz CT molecular complexity index is 677. The van der Waals surface area contributed by atoms with Gasteiger partial charge in [-0.2, -0.15) is 13.2 Å². The Balaban J connectivity index is 3.46. The lowest BCUT2D eigenvalue weighted by molar-refractivity contribution is -0.137. The fraction of sp³-hybridized carbons (Fsp3) is 0.333. The molecule has 0 saturated heterocycles. The molecular formula is C18H21F3N2S2. The molecule has 0 aliphatic carbocycles. The number of hydrogen-bond donors (Lipinski definition) is 0. The summed E-state index contributed by atoms with van der Waals surface area (Å²) in [7, 11) is 0. The highest BCUT2D eigenvalue weighted by atomic mass is 32.2. The number of allylic oxidation sites excluding steroid dienone is 3. The molecule has 0 aliphatic rings. The third kappa shape index (κ3) is 6.74. The molecule has 0 amide bonds. The largest absolute Gasteiger partial charge is 0.416 e. The van der Waals surface area contributed by atoms with Crippen molar-refractivity contribution in [3.8, 4) is 0 Å². The maximum atomic E-state index is 13.0. The van der Waals surface area contributed by atoms with Crippen LogP contribution in [0.3, 0.4) is 0 Å². The van der Waals surface area contributed by atoms with E-state index in [4.69, 9.17) is 0 Å². The molecule has 0 fully saturated rings. The molecular weight excluding hydrogens is 365 g/mol. The van der Waals surface area contributed by atoms with Gasteiger partial charge >= 0.3 is 6.18 Å². The SMILES string of the molecule is C=N\C=C/C(=N\CSC)C(/SCC)=C(/C)c1cccc(C(F)(F)F)c1. The summed E-state index contributed by atoms with van der Waals surface area (Å²) in [5.74, 6) is 1.33. The second-order valence-electron chi connectivity index (χ2n) is 4.93. The summed E-state index contributed by atoms with van der Waals surface area (Å²) < 4.78 is 39.0. The Morgan fingerprint density at radius 1 is 1.32 bits per heavy atom. The minimum absolute atomic E-state index is 0.530. The summed E-state index contributed by atoms with van der Waals surface area (Å²) in [5, 5.41) is 0. The van der Waals surface area contributed by atoms with E-state index in [1.165, 1.54) is 18.3 Å². The zero-order chi connectivity index (χ0) is 18.9. The van der Waals surface area contributed by atoms with Crippen LogP contribution in [0.15, 0.2) is 51.4 Å². The van der Waals surface area contributed by atoms with Gasteiger partial charge in [-0.3, -0.25) is 9.98 Å². The highest BCUT2D eigenvalue weighted by Crippen LogP contribution is 2.33. The molecule has 0 radical (unpaired) electrons. The van der Waals surface area contributed by atoms with Crippen LogP contribution in [-0.4, -0.2) is 30.3 Å². The summed E-state index contributed by atoms with van der Waals surface area (Å²) >= 11 is 3.11. The van der Waals surface area contributed by atoms with Gasteiger partial charge in [0.1, 0.15) is 0 Å². The summed E-state index contributed by atoms with van der Waals surface area (Å²) in [5.41, 5.74) is 1.33. The molecule has 0 unspecified atom stereocenters. The predicted octanol–water partition coefficient (Wildman–Crippen LogP) is 6.17. The molecule has 0 saturated carbocycles. The predicted molar refractivity (Wildman–Crippen MR) is 107 cm³/mol. The van der Waals surface area contributed by atoms with Crippen LogP contribution in [0.25, 0.3) is 5.57 Å². The van der Waals surface area contributed by atoms with Gasteiger partial charge in [-0.15, -0.1) is 23.5 Å². The fourth-order valence-electron chi connectivity index (χ4n) is 2.04. The molecule has 0 bridgehead atoms. The van der Waals surface area contributed by atoms with Crippen molar-refractivity contribution in [3.63, 3.8) is 0 Å². The van der Waals surface area contributed by atoms with Gasteiger partial charge in [-0.1, -0.05) is 19.1 Å². The highest BCUT2D eigenvalue weighted by molar-refractivity contribution is 8.04. The molecule has 0 atom stereocenters. The topological polar surface area (TPSA) is 24.7 Å². The van der Waals surface area contributed by atoms with Crippen LogP contribution in [0.4, 0.5) is 13.2 Å². The fourth-order valence-corrected chi connectivity index (χ4v) is 3.21. The van der Waals surface area contributed by atoms with Crippen LogP contribution in [0, 0.1) is 0 Å². The summed E-state index contributed by atoms with van der Waals surface area (Å²) in [6, 6.07) is 5.36. The number of hydrogen-bond acceptors (Lipinski definition) is 4. The smallest absolute Gasteiger partial charge is 0.273 e. The van der Waals surface area contributed by atoms with Crippen molar-refractivity contribution < 1.29 is 13.2 Å². The summed E-state index contributed by atoms with van der Waals surface area (Å²) in [6.45, 7) is 7.22. The van der Waals surface area contributed by atoms with Crippen LogP contribution < -0.4 is 0 Å². The number of nitrogens with zero attached hydrogens (tertiary/aromatic N) is 2. The molecule has 7 heteroatoms. The first-order chi connectivity index (χ1) is 11.8. The first-order valence-electron chi connectivity index (χ1n) is 7.52. The third-order valence-electron chi connectivity index (χ3n) is 3.19. The lowest BCUT2D eigenvalue weighted by atomic mass is 10.0. The van der Waals surface area contributed by atoms with Crippen molar-refractivity contribution in [1.29, 1.82) is 0 Å². The quantitative estimate of drug-likeness (QED) is 0.499. The van der Waals surface area contributed by atoms with Crippen LogP contribution >= 0.6 is 23.5 Å². The highest BCUT2D eigenvalue weighted by Gasteiger charge is 2.30. The Kier molecular flexibility index (Phi) is 9.06. The van der Waals surface area contributed by atoms with Crippen LogP contribution in [0.5, 0.6) is 0 Å². The van der Waals surface area contributed by atoms with Crippen molar-refractivity contribution in [2.24, 2.45) is 9.98 Å². The van der Waals surface area contributed by atoms with E-state index >= 15 is 0 Å². The van der Waals surface area contributed by atoms with E-state index in [2.05, 4.69) is 16.7 Å². The van der Waals surface area contributed by atoms with Crippen LogP contribution in [0.2, 0.25) is 0 Å². The lowest BCUT2D eigenvalue weighted by Crippen LogP contribution is -2.06. The maximum Gasteiger partial charge on any atom is 0.416 e. The number of benzene rings is 1. The minimum atomic E-state index is -4.36. The lowest BCUT2D eigenvalue weighted by Gasteiger charge is -2.14. The third-order valence-corrected chi connectivity index (χ3v) is 4.67. The average molecular weight is 387 g/mol. The molecule has 1 aromatic rings. The molecule has 0 aromatic heterocycles. The minimum Gasteiger partial charge on any atom is -0.273 e. The molecule has 0 aliphatic heterocycles. The monoisotopic (exact) mass is 386 g/mol. The maximum absolute atomic E-state index is 13.0. The zero-order valence-electron chi connectivity index (χ0n) is 14.4. The van der Waals surface area contributed by atoms with E-state index in [1.54, 1.807) is 35.7 Å². The van der Waals surface area contributed by atoms with Gasteiger partial charge in [0.05, 0.1) is 17.2 Å². The van der Waals surface area contributed by atoms with Gasteiger partial charge in [0.25, 0.3) is 0 Å². The molecule has 1 aromatic carbocycles. The number of halogens is 3.